The molecule has 0 aromatic heterocycles. The summed E-state index contributed by atoms with van der Waals surface area (Å²) < 4.78 is 123. The highest BCUT2D eigenvalue weighted by molar-refractivity contribution is 5.94. The maximum Gasteiger partial charge on any atom is 0.416 e. The highest BCUT2D eigenvalue weighted by atomic mass is 19.4. The number of benzene rings is 7. The van der Waals surface area contributed by atoms with Crippen LogP contribution in [0.1, 0.15) is 83.3 Å². The van der Waals surface area contributed by atoms with Crippen molar-refractivity contribution < 1.29 is 39.5 Å². The molecule has 0 saturated carbocycles. The first kappa shape index (κ1) is 43.7. The topological polar surface area (TPSA) is 6.48 Å². The summed E-state index contributed by atoms with van der Waals surface area (Å²) in [6.45, 7) is 14.6. The molecule has 0 aliphatic heterocycles. The first-order valence-corrected chi connectivity index (χ1v) is 21.0. The number of alkyl halides is 9. The van der Waals surface area contributed by atoms with E-state index in [1.807, 2.05) is 62.1 Å². The number of aryl methyl sites for hydroxylation is 3. The quantitative estimate of drug-likeness (QED) is 0.154. The Hall–Kier alpha value is -6.49. The number of nitrogens with zero attached hydrogens (tertiary/aromatic N) is 2. The molecule has 9 rings (SSSR count). The van der Waals surface area contributed by atoms with E-state index < -0.39 is 46.0 Å². The smallest absolute Gasteiger partial charge is 0.310 e. The molecule has 0 unspecified atom stereocenters. The zero-order valence-electron chi connectivity index (χ0n) is 36.5. The van der Waals surface area contributed by atoms with E-state index in [4.69, 9.17) is 0 Å². The van der Waals surface area contributed by atoms with E-state index >= 15 is 0 Å². The average molecular weight is 891 g/mol. The van der Waals surface area contributed by atoms with Gasteiger partial charge < -0.3 is 9.80 Å². The van der Waals surface area contributed by atoms with Gasteiger partial charge in [0.1, 0.15) is 0 Å². The molecule has 0 radical (unpaired) electrons. The minimum Gasteiger partial charge on any atom is -0.310 e. The minimum atomic E-state index is -4.58. The Kier molecular flexibility index (Phi) is 9.94. The van der Waals surface area contributed by atoms with Crippen molar-refractivity contribution in [3.8, 4) is 22.3 Å². The highest BCUT2D eigenvalue weighted by Gasteiger charge is 2.44. The van der Waals surface area contributed by atoms with Crippen molar-refractivity contribution in [2.75, 3.05) is 9.80 Å². The number of halogens is 9. The van der Waals surface area contributed by atoms with Crippen LogP contribution in [0.2, 0.25) is 0 Å². The molecular weight excluding hydrogens is 848 g/mol. The largest absolute Gasteiger partial charge is 0.416 e. The minimum absolute atomic E-state index is 0.344. The third-order valence-electron chi connectivity index (χ3n) is 13.2. The molecule has 0 atom stereocenters. The van der Waals surface area contributed by atoms with E-state index in [0.717, 1.165) is 109 Å². The molecular formula is C54H43F9N2. The van der Waals surface area contributed by atoms with Gasteiger partial charge in [0.25, 0.3) is 0 Å². The van der Waals surface area contributed by atoms with Crippen LogP contribution < -0.4 is 9.80 Å². The molecule has 65 heavy (non-hydrogen) atoms. The summed E-state index contributed by atoms with van der Waals surface area (Å²) >= 11 is 0. The summed E-state index contributed by atoms with van der Waals surface area (Å²) in [5.41, 5.74) is 11.2. The molecule has 332 valence electrons. The van der Waals surface area contributed by atoms with Crippen molar-refractivity contribution in [1.29, 1.82) is 0 Å². The second-order valence-electron chi connectivity index (χ2n) is 18.2. The van der Waals surface area contributed by atoms with Crippen LogP contribution >= 0.6 is 0 Å². The van der Waals surface area contributed by atoms with Crippen LogP contribution in [0.5, 0.6) is 0 Å². The fourth-order valence-electron chi connectivity index (χ4n) is 9.82. The van der Waals surface area contributed by atoms with Gasteiger partial charge in [0.05, 0.1) is 16.7 Å². The molecule has 2 aliphatic carbocycles. The standard InChI is InChI=1S/C54H43F9N2/c1-30-8-16-36(17-9-30)64(37-18-10-33(11-19-37)52(55,56)57)40-24-31(2)48-42-28-45-43(29-44(42)50(4,5)46(48)26-40)49-32(3)25-41(27-47(49)51(45,6)7)65(38-20-12-34(13-21-38)53(58,59)60)39-22-14-35(15-23-39)54(61,62)63/h8-29H,1-7H3. The van der Waals surface area contributed by atoms with Gasteiger partial charge in [-0.2, -0.15) is 39.5 Å². The van der Waals surface area contributed by atoms with Crippen molar-refractivity contribution in [3.63, 3.8) is 0 Å². The molecule has 0 fully saturated rings. The van der Waals surface area contributed by atoms with Crippen LogP contribution in [-0.2, 0) is 29.4 Å². The van der Waals surface area contributed by atoms with E-state index in [1.54, 1.807) is 4.90 Å². The molecule has 0 amide bonds. The summed E-state index contributed by atoms with van der Waals surface area (Å²) in [6, 6.07) is 34.8. The molecule has 11 heteroatoms. The number of hydrogen-bond acceptors (Lipinski definition) is 2. The van der Waals surface area contributed by atoms with Gasteiger partial charge >= 0.3 is 18.5 Å². The zero-order chi connectivity index (χ0) is 46.8. The number of hydrogen-bond donors (Lipinski definition) is 0. The van der Waals surface area contributed by atoms with Crippen LogP contribution in [0, 0.1) is 20.8 Å². The van der Waals surface area contributed by atoms with E-state index in [-0.39, 0.29) is 0 Å². The molecule has 7 aromatic rings. The Morgan fingerprint density at radius 2 is 0.615 bits per heavy atom. The summed E-state index contributed by atoms with van der Waals surface area (Å²) in [7, 11) is 0. The lowest BCUT2D eigenvalue weighted by Gasteiger charge is -2.29. The summed E-state index contributed by atoms with van der Waals surface area (Å²) in [4.78, 5) is 3.66. The van der Waals surface area contributed by atoms with Crippen molar-refractivity contribution >= 4 is 34.1 Å². The predicted octanol–water partition coefficient (Wildman–Crippen LogP) is 17.2. The van der Waals surface area contributed by atoms with Gasteiger partial charge in [0.15, 0.2) is 0 Å². The van der Waals surface area contributed by atoms with E-state index in [0.29, 0.717) is 22.7 Å². The molecule has 0 spiro atoms. The summed E-state index contributed by atoms with van der Waals surface area (Å²) in [6.07, 6.45) is -13.6. The predicted molar refractivity (Wildman–Crippen MR) is 240 cm³/mol. The van der Waals surface area contributed by atoms with Gasteiger partial charge in [-0.05, 0) is 198 Å². The average Bonchev–Trinajstić information content (AvgIpc) is 3.59. The van der Waals surface area contributed by atoms with Gasteiger partial charge in [-0.1, -0.05) is 45.4 Å². The number of anilines is 6. The molecule has 0 heterocycles. The van der Waals surface area contributed by atoms with E-state index in [1.165, 1.54) is 36.4 Å². The van der Waals surface area contributed by atoms with Crippen LogP contribution in [0.3, 0.4) is 0 Å². The Balaban J connectivity index is 1.16. The van der Waals surface area contributed by atoms with Crippen molar-refractivity contribution in [1.82, 2.24) is 0 Å². The normalized spacial score (nSPS) is 14.7. The lowest BCUT2D eigenvalue weighted by Crippen LogP contribution is -2.18. The fraction of sp³-hybridized carbons (Fsp3) is 0.222. The zero-order valence-corrected chi connectivity index (χ0v) is 36.5. The molecule has 7 aromatic carbocycles. The Morgan fingerprint density at radius 1 is 0.338 bits per heavy atom. The van der Waals surface area contributed by atoms with Crippen molar-refractivity contribution in [3.05, 3.63) is 189 Å². The van der Waals surface area contributed by atoms with E-state index in [2.05, 4.69) is 52.0 Å². The summed E-state index contributed by atoms with van der Waals surface area (Å²) in [5.74, 6) is 0. The molecule has 0 saturated heterocycles. The van der Waals surface area contributed by atoms with Crippen molar-refractivity contribution in [2.24, 2.45) is 0 Å². The second-order valence-corrected chi connectivity index (χ2v) is 18.2. The maximum absolute atomic E-state index is 13.7. The lowest BCUT2D eigenvalue weighted by molar-refractivity contribution is -0.138. The Bertz CT molecular complexity index is 2940. The fourth-order valence-corrected chi connectivity index (χ4v) is 9.82. The highest BCUT2D eigenvalue weighted by Crippen LogP contribution is 2.59. The molecule has 2 nitrogen and oxygen atoms in total. The van der Waals surface area contributed by atoms with Gasteiger partial charge in [0.2, 0.25) is 0 Å². The third-order valence-corrected chi connectivity index (χ3v) is 13.2. The van der Waals surface area contributed by atoms with Crippen LogP contribution in [0.15, 0.2) is 133 Å². The summed E-state index contributed by atoms with van der Waals surface area (Å²) in [5, 5.41) is 0. The second kappa shape index (κ2) is 14.8. The Labute approximate surface area is 371 Å². The molecule has 2 aliphatic rings. The SMILES string of the molecule is Cc1ccc(N(c2ccc(C(F)(F)F)cc2)c2cc(C)c3c(c2)C(C)(C)c2cc4c(cc2-3)C(C)(C)c2cc(N(c3ccc(C(F)(F)F)cc3)c3ccc(C(F)(F)F)cc3)cc(C)c2-4)cc1. The molecule has 0 N–H and O–H groups in total. The van der Waals surface area contributed by atoms with Gasteiger partial charge in [-0.25, -0.2) is 0 Å². The monoisotopic (exact) mass is 890 g/mol. The lowest BCUT2D eigenvalue weighted by atomic mass is 9.79. The van der Waals surface area contributed by atoms with Crippen LogP contribution in [0.4, 0.5) is 73.6 Å². The molecule has 0 bridgehead atoms. The van der Waals surface area contributed by atoms with Crippen LogP contribution in [0.25, 0.3) is 22.3 Å². The number of rotatable bonds is 6. The Morgan fingerprint density at radius 3 is 0.892 bits per heavy atom. The first-order chi connectivity index (χ1) is 30.4. The first-order valence-electron chi connectivity index (χ1n) is 21.0. The van der Waals surface area contributed by atoms with Crippen molar-refractivity contribution in [2.45, 2.75) is 77.8 Å². The van der Waals surface area contributed by atoms with Gasteiger partial charge in [-0.15, -0.1) is 0 Å². The van der Waals surface area contributed by atoms with Crippen LogP contribution in [-0.4, -0.2) is 0 Å². The van der Waals surface area contributed by atoms with Gasteiger partial charge in [0, 0.05) is 45.0 Å². The number of fused-ring (bicyclic) bond motifs is 6. The van der Waals surface area contributed by atoms with Gasteiger partial charge in [-0.3, -0.25) is 0 Å². The third kappa shape index (κ3) is 7.33. The van der Waals surface area contributed by atoms with E-state index in [9.17, 15) is 39.5 Å². The maximum atomic E-state index is 13.7.